The van der Waals surface area contributed by atoms with E-state index in [2.05, 4.69) is 21.6 Å². The molecule has 1 N–H and O–H groups in total. The van der Waals surface area contributed by atoms with Gasteiger partial charge in [-0.15, -0.1) is 0 Å². The molecule has 0 aromatic heterocycles. The molecule has 0 aliphatic carbocycles. The second kappa shape index (κ2) is 7.35. The highest BCUT2D eigenvalue weighted by atomic mass is 32.2. The Kier molecular flexibility index (Phi) is 5.69. The number of benzene rings is 1. The summed E-state index contributed by atoms with van der Waals surface area (Å²) in [5.74, 6) is 0. The quantitative estimate of drug-likeness (QED) is 0.595. The molecule has 8 nitrogen and oxygen atoms in total. The molecular weight excluding hydrogens is 320 g/mol. The third kappa shape index (κ3) is 4.71. The zero-order valence-electron chi connectivity index (χ0n) is 13.4. The Balaban J connectivity index is 1.96. The molecule has 0 radical (unpaired) electrons. The van der Waals surface area contributed by atoms with Gasteiger partial charge in [-0.3, -0.25) is 15.0 Å². The number of likely N-dealkylation sites (N-methyl/N-ethyl adjacent to an activating group) is 1. The molecule has 1 aromatic rings. The zero-order chi connectivity index (χ0) is 17.0. The van der Waals surface area contributed by atoms with Crippen molar-refractivity contribution >= 4 is 15.7 Å². The molecule has 0 saturated carbocycles. The van der Waals surface area contributed by atoms with Gasteiger partial charge in [-0.25, -0.2) is 13.1 Å². The summed E-state index contributed by atoms with van der Waals surface area (Å²) in [6.07, 6.45) is 0. The molecule has 0 atom stereocenters. The van der Waals surface area contributed by atoms with Crippen LogP contribution in [0.5, 0.6) is 0 Å². The smallest absolute Gasteiger partial charge is 0.273 e. The van der Waals surface area contributed by atoms with Crippen LogP contribution in [0.1, 0.15) is 5.56 Å². The van der Waals surface area contributed by atoms with Crippen molar-refractivity contribution in [2.45, 2.75) is 11.8 Å². The van der Waals surface area contributed by atoms with E-state index in [0.29, 0.717) is 12.1 Å². The first-order valence-electron chi connectivity index (χ1n) is 7.45. The van der Waals surface area contributed by atoms with Gasteiger partial charge >= 0.3 is 0 Å². The van der Waals surface area contributed by atoms with Crippen LogP contribution in [0.2, 0.25) is 0 Å². The van der Waals surface area contributed by atoms with E-state index in [1.807, 2.05) is 0 Å². The standard InChI is InChI=1S/C14H22N4O4S/c1-12-3-4-13(11-14(12)18(19)20)23(21,22)15-5-6-17-9-7-16(2)8-10-17/h3-4,11,15H,5-10H2,1-2H3. The minimum Gasteiger partial charge on any atom is -0.304 e. The summed E-state index contributed by atoms with van der Waals surface area (Å²) in [6.45, 7) is 6.25. The highest BCUT2D eigenvalue weighted by molar-refractivity contribution is 7.89. The Labute approximate surface area is 136 Å². The minimum atomic E-state index is -3.74. The van der Waals surface area contributed by atoms with Crippen molar-refractivity contribution < 1.29 is 13.3 Å². The molecular formula is C14H22N4O4S. The van der Waals surface area contributed by atoms with E-state index in [9.17, 15) is 18.5 Å². The SMILES string of the molecule is Cc1ccc(S(=O)(=O)NCCN2CCN(C)CC2)cc1[N+](=O)[O-]. The summed E-state index contributed by atoms with van der Waals surface area (Å²) in [7, 11) is -1.68. The molecule has 1 aliphatic rings. The number of piperazine rings is 1. The second-order valence-electron chi connectivity index (χ2n) is 5.75. The lowest BCUT2D eigenvalue weighted by atomic mass is 10.2. The fraction of sp³-hybridized carbons (Fsp3) is 0.571. The van der Waals surface area contributed by atoms with Crippen LogP contribution in [-0.4, -0.2) is 69.5 Å². The van der Waals surface area contributed by atoms with Crippen LogP contribution in [0.25, 0.3) is 0 Å². The number of sulfonamides is 1. The Bertz CT molecular complexity index is 669. The molecule has 1 heterocycles. The first-order valence-corrected chi connectivity index (χ1v) is 8.93. The molecule has 128 valence electrons. The lowest BCUT2D eigenvalue weighted by Crippen LogP contribution is -2.46. The molecule has 2 rings (SSSR count). The van der Waals surface area contributed by atoms with Crippen LogP contribution in [0.3, 0.4) is 0 Å². The van der Waals surface area contributed by atoms with E-state index in [1.54, 1.807) is 6.92 Å². The molecule has 0 unspecified atom stereocenters. The van der Waals surface area contributed by atoms with Crippen molar-refractivity contribution in [1.29, 1.82) is 0 Å². The number of nitrogens with zero attached hydrogens (tertiary/aromatic N) is 3. The topological polar surface area (TPSA) is 95.8 Å². The third-order valence-electron chi connectivity index (χ3n) is 4.00. The predicted octanol–water partition coefficient (Wildman–Crippen LogP) is 0.429. The average Bonchev–Trinajstić information content (AvgIpc) is 2.49. The lowest BCUT2D eigenvalue weighted by molar-refractivity contribution is -0.385. The highest BCUT2D eigenvalue weighted by Gasteiger charge is 2.20. The van der Waals surface area contributed by atoms with Crippen LogP contribution in [0.4, 0.5) is 5.69 Å². The summed E-state index contributed by atoms with van der Waals surface area (Å²) >= 11 is 0. The van der Waals surface area contributed by atoms with Crippen LogP contribution < -0.4 is 4.72 Å². The van der Waals surface area contributed by atoms with Gasteiger partial charge < -0.3 is 4.90 Å². The number of nitrogens with one attached hydrogen (secondary N) is 1. The van der Waals surface area contributed by atoms with Gasteiger partial charge in [0.05, 0.1) is 9.82 Å². The van der Waals surface area contributed by atoms with Gasteiger partial charge in [-0.2, -0.15) is 0 Å². The Hall–Kier alpha value is -1.55. The van der Waals surface area contributed by atoms with Crippen LogP contribution in [-0.2, 0) is 10.0 Å². The first-order chi connectivity index (χ1) is 10.8. The van der Waals surface area contributed by atoms with Gasteiger partial charge in [0.2, 0.25) is 10.0 Å². The van der Waals surface area contributed by atoms with Gasteiger partial charge in [-0.1, -0.05) is 6.07 Å². The second-order valence-corrected chi connectivity index (χ2v) is 7.52. The third-order valence-corrected chi connectivity index (χ3v) is 5.46. The highest BCUT2D eigenvalue weighted by Crippen LogP contribution is 2.21. The summed E-state index contributed by atoms with van der Waals surface area (Å²) in [5, 5.41) is 10.9. The van der Waals surface area contributed by atoms with Crippen molar-refractivity contribution in [1.82, 2.24) is 14.5 Å². The average molecular weight is 342 g/mol. The largest absolute Gasteiger partial charge is 0.304 e. The first kappa shape index (κ1) is 17.8. The maximum atomic E-state index is 12.3. The maximum absolute atomic E-state index is 12.3. The van der Waals surface area contributed by atoms with Crippen LogP contribution >= 0.6 is 0 Å². The Morgan fingerprint density at radius 2 is 1.91 bits per heavy atom. The zero-order valence-corrected chi connectivity index (χ0v) is 14.2. The minimum absolute atomic E-state index is 0.0758. The monoisotopic (exact) mass is 342 g/mol. The van der Waals surface area contributed by atoms with Gasteiger partial charge in [0.1, 0.15) is 0 Å². The summed E-state index contributed by atoms with van der Waals surface area (Å²) in [6, 6.07) is 3.95. The lowest BCUT2D eigenvalue weighted by Gasteiger charge is -2.32. The van der Waals surface area contributed by atoms with E-state index < -0.39 is 14.9 Å². The maximum Gasteiger partial charge on any atom is 0.273 e. The summed E-state index contributed by atoms with van der Waals surface area (Å²) in [5.41, 5.74) is 0.248. The fourth-order valence-corrected chi connectivity index (χ4v) is 3.49. The van der Waals surface area contributed by atoms with Crippen molar-refractivity contribution in [3.8, 4) is 0 Å². The fourth-order valence-electron chi connectivity index (χ4n) is 2.45. The molecule has 0 bridgehead atoms. The van der Waals surface area contributed by atoms with E-state index in [4.69, 9.17) is 0 Å². The van der Waals surface area contributed by atoms with Crippen molar-refractivity contribution in [3.05, 3.63) is 33.9 Å². The number of nitro groups is 1. The number of rotatable bonds is 6. The molecule has 9 heteroatoms. The van der Waals surface area contributed by atoms with Crippen molar-refractivity contribution in [3.63, 3.8) is 0 Å². The normalized spacial score (nSPS) is 17.3. The van der Waals surface area contributed by atoms with Gasteiger partial charge in [0, 0.05) is 50.9 Å². The number of hydrogen-bond donors (Lipinski definition) is 1. The Morgan fingerprint density at radius 3 is 2.52 bits per heavy atom. The molecule has 1 aliphatic heterocycles. The molecule has 1 aromatic carbocycles. The van der Waals surface area contributed by atoms with Crippen LogP contribution in [0.15, 0.2) is 23.1 Å². The number of aryl methyl sites for hydroxylation is 1. The molecule has 1 fully saturated rings. The van der Waals surface area contributed by atoms with Gasteiger partial charge in [-0.05, 0) is 20.0 Å². The van der Waals surface area contributed by atoms with E-state index >= 15 is 0 Å². The van der Waals surface area contributed by atoms with Gasteiger partial charge in [0.25, 0.3) is 5.69 Å². The van der Waals surface area contributed by atoms with Crippen LogP contribution in [0, 0.1) is 17.0 Å². The number of hydrogen-bond acceptors (Lipinski definition) is 6. The predicted molar refractivity (Wildman–Crippen MR) is 87.0 cm³/mol. The molecule has 23 heavy (non-hydrogen) atoms. The molecule has 1 saturated heterocycles. The Morgan fingerprint density at radius 1 is 1.26 bits per heavy atom. The molecule has 0 amide bonds. The van der Waals surface area contributed by atoms with E-state index in [1.165, 1.54) is 12.1 Å². The van der Waals surface area contributed by atoms with Gasteiger partial charge in [0.15, 0.2) is 0 Å². The summed E-state index contributed by atoms with van der Waals surface area (Å²) < 4.78 is 27.0. The number of nitro benzene ring substituents is 1. The van der Waals surface area contributed by atoms with E-state index in [-0.39, 0.29) is 17.1 Å². The van der Waals surface area contributed by atoms with Crippen molar-refractivity contribution in [2.24, 2.45) is 0 Å². The molecule has 0 spiro atoms. The van der Waals surface area contributed by atoms with E-state index in [0.717, 1.165) is 32.2 Å². The summed E-state index contributed by atoms with van der Waals surface area (Å²) in [4.78, 5) is 14.7. The van der Waals surface area contributed by atoms with Crippen molar-refractivity contribution in [2.75, 3.05) is 46.3 Å².